The molecule has 1 aromatic rings. The number of hydrogen-bond donors (Lipinski definition) is 2. The Balaban J connectivity index is 3.12. The van der Waals surface area contributed by atoms with Crippen molar-refractivity contribution >= 4 is 27.4 Å². The number of anilines is 1. The number of nitrogens with two attached hydrogens (primary N) is 1. The summed E-state index contributed by atoms with van der Waals surface area (Å²) in [6, 6.07) is 1.32. The number of aromatic nitrogens is 1. The molecular formula is C9H15ClN4O2S. The molecule has 0 saturated heterocycles. The average molecular weight is 279 g/mol. The van der Waals surface area contributed by atoms with E-state index in [2.05, 4.69) is 10.4 Å². The molecule has 0 saturated carbocycles. The molecule has 8 heteroatoms. The Bertz CT molecular complexity index is 492. The van der Waals surface area contributed by atoms with Crippen LogP contribution >= 0.6 is 11.6 Å². The summed E-state index contributed by atoms with van der Waals surface area (Å²) in [5.74, 6) is 5.40. The van der Waals surface area contributed by atoms with Crippen LogP contribution in [0, 0.1) is 0 Å². The fraction of sp³-hybridized carbons (Fsp3) is 0.444. The van der Waals surface area contributed by atoms with E-state index < -0.39 is 10.0 Å². The zero-order chi connectivity index (χ0) is 13.1. The third kappa shape index (κ3) is 3.06. The van der Waals surface area contributed by atoms with Crippen LogP contribution in [0.25, 0.3) is 0 Å². The van der Waals surface area contributed by atoms with Gasteiger partial charge in [0.05, 0.1) is 5.02 Å². The Hall–Kier alpha value is -0.890. The Morgan fingerprint density at radius 3 is 2.71 bits per heavy atom. The molecule has 0 spiro atoms. The molecule has 1 heterocycles. The largest absolute Gasteiger partial charge is 0.307 e. The predicted molar refractivity (Wildman–Crippen MR) is 67.2 cm³/mol. The van der Waals surface area contributed by atoms with Crippen molar-refractivity contribution in [3.05, 3.63) is 17.3 Å². The molecule has 1 aromatic heterocycles. The Kier molecular flexibility index (Phi) is 4.70. The molecule has 0 aromatic carbocycles. The average Bonchev–Trinajstić information content (AvgIpc) is 2.29. The van der Waals surface area contributed by atoms with Crippen LogP contribution in [0.5, 0.6) is 0 Å². The maximum absolute atomic E-state index is 12.0. The first kappa shape index (κ1) is 14.2. The minimum absolute atomic E-state index is 0.0532. The molecule has 0 fully saturated rings. The first-order valence-corrected chi connectivity index (χ1v) is 6.83. The number of nitrogen functional groups attached to an aromatic ring is 1. The van der Waals surface area contributed by atoms with E-state index in [1.54, 1.807) is 0 Å². The topological polar surface area (TPSA) is 88.3 Å². The minimum Gasteiger partial charge on any atom is -0.307 e. The fourth-order valence-corrected chi connectivity index (χ4v) is 2.80. The molecule has 0 aliphatic rings. The quantitative estimate of drug-likeness (QED) is 0.621. The summed E-state index contributed by atoms with van der Waals surface area (Å²) < 4.78 is 25.4. The van der Waals surface area contributed by atoms with Crippen molar-refractivity contribution < 1.29 is 8.42 Å². The molecule has 0 atom stereocenters. The highest BCUT2D eigenvalue weighted by molar-refractivity contribution is 7.89. The number of nitrogens with one attached hydrogen (secondary N) is 1. The second kappa shape index (κ2) is 5.63. The van der Waals surface area contributed by atoms with Crippen molar-refractivity contribution in [3.63, 3.8) is 0 Å². The standard InChI is InChI=1S/C9H15ClN4O2S/c1-3-4-14(2)17(15,16)7-5-8(10)9(13-11)12-6-7/h5-6H,3-4,11H2,1-2H3,(H,12,13). The van der Waals surface area contributed by atoms with Gasteiger partial charge in [-0.1, -0.05) is 18.5 Å². The van der Waals surface area contributed by atoms with Gasteiger partial charge in [0.25, 0.3) is 0 Å². The SMILES string of the molecule is CCCN(C)S(=O)(=O)c1cnc(NN)c(Cl)c1. The smallest absolute Gasteiger partial charge is 0.244 e. The number of hydrogen-bond acceptors (Lipinski definition) is 5. The van der Waals surface area contributed by atoms with Gasteiger partial charge < -0.3 is 5.43 Å². The van der Waals surface area contributed by atoms with Crippen molar-refractivity contribution in [2.24, 2.45) is 5.84 Å². The van der Waals surface area contributed by atoms with E-state index in [9.17, 15) is 8.42 Å². The van der Waals surface area contributed by atoms with Crippen LogP contribution in [0.3, 0.4) is 0 Å². The van der Waals surface area contributed by atoms with Gasteiger partial charge in [-0.15, -0.1) is 0 Å². The van der Waals surface area contributed by atoms with Crippen molar-refractivity contribution in [2.75, 3.05) is 19.0 Å². The van der Waals surface area contributed by atoms with Crippen LogP contribution in [0.4, 0.5) is 5.82 Å². The molecule has 0 bridgehead atoms. The van der Waals surface area contributed by atoms with E-state index in [1.165, 1.54) is 23.6 Å². The number of nitrogens with zero attached hydrogens (tertiary/aromatic N) is 2. The lowest BCUT2D eigenvalue weighted by Crippen LogP contribution is -2.27. The van der Waals surface area contributed by atoms with Gasteiger partial charge in [-0.05, 0) is 12.5 Å². The predicted octanol–water partition coefficient (Wildman–Crippen LogP) is 1.05. The highest BCUT2D eigenvalue weighted by atomic mass is 35.5. The lowest BCUT2D eigenvalue weighted by Gasteiger charge is -2.16. The third-order valence-electron chi connectivity index (χ3n) is 2.20. The number of rotatable bonds is 5. The first-order chi connectivity index (χ1) is 7.93. The molecule has 0 aliphatic heterocycles. The van der Waals surface area contributed by atoms with Gasteiger partial charge in [-0.3, -0.25) is 0 Å². The monoisotopic (exact) mass is 278 g/mol. The molecule has 96 valence electrons. The zero-order valence-corrected chi connectivity index (χ0v) is 11.2. The third-order valence-corrected chi connectivity index (χ3v) is 4.31. The number of halogens is 1. The fourth-order valence-electron chi connectivity index (χ4n) is 1.28. The van der Waals surface area contributed by atoms with Gasteiger partial charge in [0.1, 0.15) is 4.90 Å². The van der Waals surface area contributed by atoms with Gasteiger partial charge in [0.15, 0.2) is 5.82 Å². The van der Waals surface area contributed by atoms with Crippen LogP contribution < -0.4 is 11.3 Å². The van der Waals surface area contributed by atoms with Crippen LogP contribution in [-0.2, 0) is 10.0 Å². The summed E-state index contributed by atoms with van der Waals surface area (Å²) in [5, 5.41) is 0.165. The van der Waals surface area contributed by atoms with Crippen molar-refractivity contribution in [1.82, 2.24) is 9.29 Å². The van der Waals surface area contributed by atoms with Gasteiger partial charge in [0.2, 0.25) is 10.0 Å². The maximum Gasteiger partial charge on any atom is 0.244 e. The lowest BCUT2D eigenvalue weighted by molar-refractivity contribution is 0.468. The summed E-state index contributed by atoms with van der Waals surface area (Å²) in [5.41, 5.74) is 2.28. The number of hydrazine groups is 1. The highest BCUT2D eigenvalue weighted by Crippen LogP contribution is 2.23. The molecule has 0 unspecified atom stereocenters. The van der Waals surface area contributed by atoms with E-state index in [1.807, 2.05) is 6.92 Å². The van der Waals surface area contributed by atoms with E-state index >= 15 is 0 Å². The Labute approximate surface area is 106 Å². The normalized spacial score (nSPS) is 11.8. The molecule has 3 N–H and O–H groups in total. The summed E-state index contributed by atoms with van der Waals surface area (Å²) in [4.78, 5) is 3.88. The first-order valence-electron chi connectivity index (χ1n) is 5.02. The van der Waals surface area contributed by atoms with E-state index in [0.717, 1.165) is 6.42 Å². The highest BCUT2D eigenvalue weighted by Gasteiger charge is 2.21. The Morgan fingerprint density at radius 1 is 1.59 bits per heavy atom. The van der Waals surface area contributed by atoms with Crippen LogP contribution in [0.2, 0.25) is 5.02 Å². The van der Waals surface area contributed by atoms with Crippen molar-refractivity contribution in [1.29, 1.82) is 0 Å². The molecule has 1 rings (SSSR count). The number of sulfonamides is 1. The van der Waals surface area contributed by atoms with Crippen molar-refractivity contribution in [2.45, 2.75) is 18.2 Å². The van der Waals surface area contributed by atoms with Crippen LogP contribution in [0.15, 0.2) is 17.2 Å². The van der Waals surface area contributed by atoms with Crippen LogP contribution in [0.1, 0.15) is 13.3 Å². The Morgan fingerprint density at radius 2 is 2.24 bits per heavy atom. The molecule has 0 radical (unpaired) electrons. The van der Waals surface area contributed by atoms with E-state index in [0.29, 0.717) is 6.54 Å². The summed E-state index contributed by atoms with van der Waals surface area (Å²) in [7, 11) is -2.02. The van der Waals surface area contributed by atoms with Gasteiger partial charge >= 0.3 is 0 Å². The van der Waals surface area contributed by atoms with E-state index in [-0.39, 0.29) is 15.7 Å². The second-order valence-corrected chi connectivity index (χ2v) is 5.92. The molecule has 17 heavy (non-hydrogen) atoms. The maximum atomic E-state index is 12.0. The van der Waals surface area contributed by atoms with Crippen LogP contribution in [-0.4, -0.2) is 31.3 Å². The molecule has 0 amide bonds. The number of pyridine rings is 1. The van der Waals surface area contributed by atoms with Crippen molar-refractivity contribution in [3.8, 4) is 0 Å². The summed E-state index contributed by atoms with van der Waals surface area (Å²) >= 11 is 5.83. The summed E-state index contributed by atoms with van der Waals surface area (Å²) in [6.45, 7) is 2.34. The lowest BCUT2D eigenvalue weighted by atomic mass is 10.5. The van der Waals surface area contributed by atoms with Gasteiger partial charge in [-0.25, -0.2) is 23.5 Å². The molecule has 6 nitrogen and oxygen atoms in total. The van der Waals surface area contributed by atoms with Gasteiger partial charge in [-0.2, -0.15) is 0 Å². The summed E-state index contributed by atoms with van der Waals surface area (Å²) in [6.07, 6.45) is 1.96. The van der Waals surface area contributed by atoms with E-state index in [4.69, 9.17) is 17.4 Å². The molecular weight excluding hydrogens is 264 g/mol. The minimum atomic E-state index is -3.53. The zero-order valence-electron chi connectivity index (χ0n) is 9.64. The van der Waals surface area contributed by atoms with Gasteiger partial charge in [0, 0.05) is 19.8 Å². The molecule has 0 aliphatic carbocycles. The second-order valence-electron chi connectivity index (χ2n) is 3.47.